The zero-order valence-electron chi connectivity index (χ0n) is 19.3. The van der Waals surface area contributed by atoms with Crippen molar-refractivity contribution in [1.29, 1.82) is 0 Å². The highest BCUT2D eigenvalue weighted by Gasteiger charge is 2.58. The lowest BCUT2D eigenvalue weighted by Crippen LogP contribution is -2.50. The maximum atomic E-state index is 4.84. The van der Waals surface area contributed by atoms with Gasteiger partial charge < -0.3 is 0 Å². The van der Waals surface area contributed by atoms with Crippen LogP contribution >= 0.6 is 12.6 Å². The Morgan fingerprint density at radius 2 is 1.79 bits per heavy atom. The van der Waals surface area contributed by atoms with Gasteiger partial charge in [-0.15, -0.1) is 0 Å². The Balaban J connectivity index is 1.49. The number of hydrogen-bond acceptors (Lipinski definition) is 1. The van der Waals surface area contributed by atoms with Crippen molar-refractivity contribution in [2.45, 2.75) is 110 Å². The van der Waals surface area contributed by atoms with E-state index in [9.17, 15) is 0 Å². The molecule has 0 radical (unpaired) electrons. The normalized spacial score (nSPS) is 46.5. The molecule has 0 N–H and O–H groups in total. The molecule has 0 spiro atoms. The second kappa shape index (κ2) is 7.97. The van der Waals surface area contributed by atoms with E-state index in [0.717, 1.165) is 35.5 Å². The lowest BCUT2D eigenvalue weighted by atomic mass is 9.47. The van der Waals surface area contributed by atoms with Crippen LogP contribution in [0.15, 0.2) is 11.6 Å². The Morgan fingerprint density at radius 1 is 1.00 bits per heavy atom. The van der Waals surface area contributed by atoms with Crippen molar-refractivity contribution in [3.63, 3.8) is 0 Å². The van der Waals surface area contributed by atoms with E-state index in [4.69, 9.17) is 12.6 Å². The Bertz CT molecular complexity index is 591. The standard InChI is InChI=1S/C27H46S/c1-18(2)7-6-8-19(3)23-11-12-24-22-10-9-20-17-21(28)13-15-26(20,4)25(22)14-16-27(23,24)5/h9,18-19,21-25,28H,6-8,10-17H2,1-5H3/t19-,21+,22?,23-,24?,25?,26+,27-/m1/s1. The molecule has 0 amide bonds. The first kappa shape index (κ1) is 21.3. The smallest absolute Gasteiger partial charge is 0.00545 e. The largest absolute Gasteiger partial charge is 0.176 e. The van der Waals surface area contributed by atoms with Gasteiger partial charge in [0.15, 0.2) is 0 Å². The summed E-state index contributed by atoms with van der Waals surface area (Å²) in [6.07, 6.45) is 18.4. The van der Waals surface area contributed by atoms with Crippen LogP contribution in [0.3, 0.4) is 0 Å². The van der Waals surface area contributed by atoms with Gasteiger partial charge in [-0.25, -0.2) is 0 Å². The van der Waals surface area contributed by atoms with Gasteiger partial charge in [-0.05, 0) is 97.7 Å². The average molecular weight is 403 g/mol. The van der Waals surface area contributed by atoms with Crippen molar-refractivity contribution in [2.24, 2.45) is 46.3 Å². The van der Waals surface area contributed by atoms with Crippen molar-refractivity contribution in [2.75, 3.05) is 0 Å². The molecule has 0 aliphatic heterocycles. The Hall–Kier alpha value is 0.0900. The molecule has 0 aromatic rings. The summed E-state index contributed by atoms with van der Waals surface area (Å²) in [4.78, 5) is 0. The van der Waals surface area contributed by atoms with E-state index in [2.05, 4.69) is 40.7 Å². The minimum atomic E-state index is 0.504. The van der Waals surface area contributed by atoms with Gasteiger partial charge in [0, 0.05) is 5.25 Å². The maximum Gasteiger partial charge on any atom is 0.00545 e. The fourth-order valence-electron chi connectivity index (χ4n) is 8.67. The SMILES string of the molecule is CC(C)CCC[C@@H](C)[C@H]1CCC2C3CC=C4C[C@@H](S)CC[C@]4(C)C3CC[C@@]21C. The molecule has 0 nitrogen and oxygen atoms in total. The molecule has 160 valence electrons. The van der Waals surface area contributed by atoms with Crippen molar-refractivity contribution in [3.05, 3.63) is 11.6 Å². The molecule has 3 unspecified atom stereocenters. The lowest BCUT2D eigenvalue weighted by Gasteiger charge is -2.58. The maximum absolute atomic E-state index is 4.84. The van der Waals surface area contributed by atoms with Crippen molar-refractivity contribution in [3.8, 4) is 0 Å². The summed E-state index contributed by atoms with van der Waals surface area (Å²) < 4.78 is 0. The van der Waals surface area contributed by atoms with Gasteiger partial charge >= 0.3 is 0 Å². The molecular weight excluding hydrogens is 356 g/mol. The van der Waals surface area contributed by atoms with E-state index < -0.39 is 0 Å². The zero-order valence-corrected chi connectivity index (χ0v) is 20.2. The van der Waals surface area contributed by atoms with E-state index >= 15 is 0 Å². The first-order chi connectivity index (χ1) is 13.3. The van der Waals surface area contributed by atoms with Gasteiger partial charge in [0.05, 0.1) is 0 Å². The molecule has 3 saturated carbocycles. The topological polar surface area (TPSA) is 0 Å². The Morgan fingerprint density at radius 3 is 2.54 bits per heavy atom. The summed E-state index contributed by atoms with van der Waals surface area (Å²) in [7, 11) is 0. The zero-order chi connectivity index (χ0) is 20.1. The van der Waals surface area contributed by atoms with Crippen LogP contribution in [0.2, 0.25) is 0 Å². The number of thiol groups is 1. The third-order valence-electron chi connectivity index (χ3n) is 10.3. The van der Waals surface area contributed by atoms with Crippen LogP contribution in [0.1, 0.15) is 105 Å². The van der Waals surface area contributed by atoms with Crippen LogP contribution < -0.4 is 0 Å². The summed E-state index contributed by atoms with van der Waals surface area (Å²) in [5.41, 5.74) is 2.92. The number of hydrogen-bond donors (Lipinski definition) is 1. The minimum absolute atomic E-state index is 0.504. The Kier molecular flexibility index (Phi) is 6.07. The number of fused-ring (bicyclic) bond motifs is 5. The highest BCUT2D eigenvalue weighted by atomic mass is 32.1. The summed E-state index contributed by atoms with van der Waals surface area (Å²) >= 11 is 4.84. The number of allylic oxidation sites excluding steroid dienone is 2. The van der Waals surface area contributed by atoms with Gasteiger partial charge in [-0.3, -0.25) is 0 Å². The number of rotatable bonds is 5. The second-order valence-corrected chi connectivity index (χ2v) is 12.9. The fraction of sp³-hybridized carbons (Fsp3) is 0.926. The van der Waals surface area contributed by atoms with Crippen LogP contribution in [-0.2, 0) is 0 Å². The quantitative estimate of drug-likeness (QED) is 0.347. The van der Waals surface area contributed by atoms with Gasteiger partial charge in [0.25, 0.3) is 0 Å². The van der Waals surface area contributed by atoms with Crippen LogP contribution in [0, 0.1) is 46.3 Å². The van der Waals surface area contributed by atoms with Crippen molar-refractivity contribution >= 4 is 12.6 Å². The molecule has 4 aliphatic rings. The van der Waals surface area contributed by atoms with E-state index in [-0.39, 0.29) is 0 Å². The average Bonchev–Trinajstić information content (AvgIpc) is 2.99. The third kappa shape index (κ3) is 3.54. The second-order valence-electron chi connectivity index (χ2n) is 12.2. The van der Waals surface area contributed by atoms with E-state index in [1.54, 1.807) is 5.57 Å². The molecule has 3 fully saturated rings. The van der Waals surface area contributed by atoms with Crippen LogP contribution in [0.25, 0.3) is 0 Å². The van der Waals surface area contributed by atoms with Gasteiger partial charge in [0.2, 0.25) is 0 Å². The van der Waals surface area contributed by atoms with Crippen LogP contribution in [0.4, 0.5) is 0 Å². The van der Waals surface area contributed by atoms with Crippen LogP contribution in [0.5, 0.6) is 0 Å². The van der Waals surface area contributed by atoms with E-state index in [1.165, 1.54) is 70.6 Å². The molecular formula is C27H46S. The highest BCUT2D eigenvalue weighted by Crippen LogP contribution is 2.67. The van der Waals surface area contributed by atoms with Crippen LogP contribution in [-0.4, -0.2) is 5.25 Å². The molecule has 4 rings (SSSR count). The Labute approximate surface area is 181 Å². The summed E-state index contributed by atoms with van der Waals surface area (Å²) in [5, 5.41) is 0.618. The molecule has 8 atom stereocenters. The molecule has 0 heterocycles. The predicted octanol–water partition coefficient (Wildman–Crippen LogP) is 8.33. The summed E-state index contributed by atoms with van der Waals surface area (Å²) in [6.45, 7) is 12.7. The van der Waals surface area contributed by atoms with Gasteiger partial charge in [-0.1, -0.05) is 65.5 Å². The summed E-state index contributed by atoms with van der Waals surface area (Å²) in [6, 6.07) is 0. The van der Waals surface area contributed by atoms with Crippen molar-refractivity contribution in [1.82, 2.24) is 0 Å². The molecule has 28 heavy (non-hydrogen) atoms. The summed E-state index contributed by atoms with van der Waals surface area (Å²) in [5.74, 6) is 5.70. The molecule has 0 saturated heterocycles. The lowest BCUT2D eigenvalue weighted by molar-refractivity contribution is -0.0497. The molecule has 0 aromatic heterocycles. The molecule has 0 aromatic carbocycles. The fourth-order valence-corrected chi connectivity index (χ4v) is 8.99. The third-order valence-corrected chi connectivity index (χ3v) is 10.7. The highest BCUT2D eigenvalue weighted by molar-refractivity contribution is 7.80. The molecule has 0 bridgehead atoms. The monoisotopic (exact) mass is 402 g/mol. The minimum Gasteiger partial charge on any atom is -0.176 e. The molecule has 4 aliphatic carbocycles. The first-order valence-electron chi connectivity index (χ1n) is 12.6. The van der Waals surface area contributed by atoms with Gasteiger partial charge in [0.1, 0.15) is 0 Å². The molecule has 1 heteroatoms. The van der Waals surface area contributed by atoms with Crippen molar-refractivity contribution < 1.29 is 0 Å². The van der Waals surface area contributed by atoms with E-state index in [0.29, 0.717) is 16.1 Å². The van der Waals surface area contributed by atoms with Gasteiger partial charge in [-0.2, -0.15) is 12.6 Å². The first-order valence-corrected chi connectivity index (χ1v) is 13.1. The van der Waals surface area contributed by atoms with E-state index in [1.807, 2.05) is 0 Å². The predicted molar refractivity (Wildman–Crippen MR) is 126 cm³/mol.